The maximum absolute atomic E-state index is 5.31. The van der Waals surface area contributed by atoms with E-state index in [2.05, 4.69) is 25.3 Å². The van der Waals surface area contributed by atoms with Gasteiger partial charge in [-0.3, -0.25) is 0 Å². The monoisotopic (exact) mass is 261 g/mol. The molecule has 0 radical (unpaired) electrons. The van der Waals surface area contributed by atoms with Gasteiger partial charge in [-0.05, 0) is 13.0 Å². The second-order valence-corrected chi connectivity index (χ2v) is 3.54. The molecule has 0 aliphatic rings. The summed E-state index contributed by atoms with van der Waals surface area (Å²) in [6.45, 7) is 2.37. The Bertz CT molecular complexity index is 544. The molecule has 100 valence electrons. The Labute approximate surface area is 111 Å². The largest absolute Gasteiger partial charge is 0.481 e. The topological polar surface area (TPSA) is 82.0 Å². The van der Waals surface area contributed by atoms with Crippen molar-refractivity contribution < 1.29 is 9.47 Å². The molecule has 7 nitrogen and oxygen atoms in total. The molecule has 2 aromatic heterocycles. The lowest BCUT2D eigenvalue weighted by Gasteiger charge is -2.07. The molecule has 0 unspecified atom stereocenters. The summed E-state index contributed by atoms with van der Waals surface area (Å²) in [7, 11) is 3.30. The molecular weight excluding hydrogens is 246 g/mol. The predicted octanol–water partition coefficient (Wildman–Crippen LogP) is 1.38. The van der Waals surface area contributed by atoms with E-state index in [-0.39, 0.29) is 6.01 Å². The number of anilines is 1. The molecule has 0 aromatic carbocycles. The number of nitrogens with one attached hydrogen (secondary N) is 1. The van der Waals surface area contributed by atoms with Crippen molar-refractivity contribution >= 4 is 5.95 Å². The maximum atomic E-state index is 5.31. The third kappa shape index (κ3) is 3.06. The molecule has 0 aliphatic carbocycles. The van der Waals surface area contributed by atoms with Crippen LogP contribution >= 0.6 is 0 Å². The fourth-order valence-corrected chi connectivity index (χ4v) is 1.42. The highest BCUT2D eigenvalue weighted by Gasteiger charge is 2.09. The van der Waals surface area contributed by atoms with Gasteiger partial charge in [-0.25, -0.2) is 4.98 Å². The summed E-state index contributed by atoms with van der Waals surface area (Å²) in [5.41, 5.74) is 0.764. The van der Waals surface area contributed by atoms with Crippen LogP contribution in [0.3, 0.4) is 0 Å². The second-order valence-electron chi connectivity index (χ2n) is 3.54. The molecule has 0 atom stereocenters. The summed E-state index contributed by atoms with van der Waals surface area (Å²) in [5.74, 6) is 1.49. The van der Waals surface area contributed by atoms with Crippen molar-refractivity contribution in [1.29, 1.82) is 0 Å². The van der Waals surface area contributed by atoms with Gasteiger partial charge in [0.2, 0.25) is 11.8 Å². The second kappa shape index (κ2) is 5.94. The van der Waals surface area contributed by atoms with Crippen LogP contribution in [0.15, 0.2) is 18.3 Å². The lowest BCUT2D eigenvalue weighted by molar-refractivity contribution is 0.312. The molecule has 0 aliphatic heterocycles. The lowest BCUT2D eigenvalue weighted by atomic mass is 10.3. The van der Waals surface area contributed by atoms with E-state index in [1.807, 2.05) is 13.0 Å². The number of hydrogen-bond acceptors (Lipinski definition) is 7. The molecular formula is C12H15N5O2. The Kier molecular flexibility index (Phi) is 4.07. The number of methoxy groups -OCH3 is 1. The lowest BCUT2D eigenvalue weighted by Crippen LogP contribution is -2.05. The quantitative estimate of drug-likeness (QED) is 0.870. The van der Waals surface area contributed by atoms with Gasteiger partial charge in [0.25, 0.3) is 0 Å². The van der Waals surface area contributed by atoms with E-state index in [1.54, 1.807) is 26.4 Å². The van der Waals surface area contributed by atoms with Crippen LogP contribution in [0.1, 0.15) is 6.92 Å². The Morgan fingerprint density at radius 2 is 2.05 bits per heavy atom. The molecule has 2 rings (SSSR count). The summed E-state index contributed by atoms with van der Waals surface area (Å²) < 4.78 is 10.3. The van der Waals surface area contributed by atoms with Crippen molar-refractivity contribution in [2.24, 2.45) is 0 Å². The highest BCUT2D eigenvalue weighted by Crippen LogP contribution is 2.19. The van der Waals surface area contributed by atoms with E-state index in [9.17, 15) is 0 Å². The Morgan fingerprint density at radius 3 is 2.63 bits per heavy atom. The molecule has 7 heteroatoms. The third-order valence-corrected chi connectivity index (χ3v) is 2.32. The maximum Gasteiger partial charge on any atom is 0.321 e. The van der Waals surface area contributed by atoms with Gasteiger partial charge in [-0.1, -0.05) is 0 Å². The third-order valence-electron chi connectivity index (χ3n) is 2.32. The minimum absolute atomic E-state index is 0.285. The first-order chi connectivity index (χ1) is 9.26. The van der Waals surface area contributed by atoms with E-state index in [0.717, 1.165) is 5.56 Å². The highest BCUT2D eigenvalue weighted by atomic mass is 16.5. The van der Waals surface area contributed by atoms with Crippen molar-refractivity contribution in [1.82, 2.24) is 19.9 Å². The molecule has 2 heterocycles. The fraction of sp³-hybridized carbons (Fsp3) is 0.333. The van der Waals surface area contributed by atoms with Crippen molar-refractivity contribution in [2.75, 3.05) is 26.1 Å². The van der Waals surface area contributed by atoms with Crippen LogP contribution in [0.2, 0.25) is 0 Å². The summed E-state index contributed by atoms with van der Waals surface area (Å²) in [5, 5.41) is 2.87. The van der Waals surface area contributed by atoms with Crippen molar-refractivity contribution in [3.05, 3.63) is 18.3 Å². The summed E-state index contributed by atoms with van der Waals surface area (Å²) >= 11 is 0. The first-order valence-corrected chi connectivity index (χ1v) is 5.84. The van der Waals surface area contributed by atoms with Gasteiger partial charge in [0, 0.05) is 24.9 Å². The number of rotatable bonds is 5. The summed E-state index contributed by atoms with van der Waals surface area (Å²) in [6.07, 6.45) is 1.64. The van der Waals surface area contributed by atoms with Crippen LogP contribution in [-0.4, -0.2) is 40.7 Å². The van der Waals surface area contributed by atoms with E-state index in [0.29, 0.717) is 24.3 Å². The van der Waals surface area contributed by atoms with Gasteiger partial charge >= 0.3 is 6.01 Å². The van der Waals surface area contributed by atoms with Gasteiger partial charge < -0.3 is 14.8 Å². The molecule has 0 spiro atoms. The van der Waals surface area contributed by atoms with Crippen LogP contribution < -0.4 is 14.8 Å². The van der Waals surface area contributed by atoms with Gasteiger partial charge in [0.1, 0.15) is 0 Å². The SMILES string of the molecule is CCOc1nc(NC)nc(-c2ccc(OC)nc2)n1. The zero-order valence-electron chi connectivity index (χ0n) is 11.0. The summed E-state index contributed by atoms with van der Waals surface area (Å²) in [4.78, 5) is 16.7. The fourth-order valence-electron chi connectivity index (χ4n) is 1.42. The molecule has 0 amide bonds. The number of hydrogen-bond donors (Lipinski definition) is 1. The van der Waals surface area contributed by atoms with Gasteiger partial charge in [0.05, 0.1) is 13.7 Å². The molecule has 1 N–H and O–H groups in total. The molecule has 2 aromatic rings. The van der Waals surface area contributed by atoms with Crippen LogP contribution in [0.4, 0.5) is 5.95 Å². The van der Waals surface area contributed by atoms with Crippen molar-refractivity contribution in [2.45, 2.75) is 6.92 Å². The Hall–Kier alpha value is -2.44. The van der Waals surface area contributed by atoms with Crippen LogP contribution in [0.5, 0.6) is 11.9 Å². The highest BCUT2D eigenvalue weighted by molar-refractivity contribution is 5.55. The standard InChI is InChI=1S/C12H15N5O2/c1-4-19-12-16-10(15-11(13-2)17-12)8-5-6-9(18-3)14-7-8/h5-7H,4H2,1-3H3,(H,13,15,16,17). The number of nitrogens with zero attached hydrogens (tertiary/aromatic N) is 4. The number of pyridine rings is 1. The van der Waals surface area contributed by atoms with Crippen LogP contribution in [0, 0.1) is 0 Å². The van der Waals surface area contributed by atoms with E-state index < -0.39 is 0 Å². The molecule has 0 saturated heterocycles. The Morgan fingerprint density at radius 1 is 1.21 bits per heavy atom. The van der Waals surface area contributed by atoms with E-state index in [1.165, 1.54) is 0 Å². The zero-order chi connectivity index (χ0) is 13.7. The van der Waals surface area contributed by atoms with E-state index in [4.69, 9.17) is 9.47 Å². The molecule has 19 heavy (non-hydrogen) atoms. The van der Waals surface area contributed by atoms with Gasteiger partial charge in [-0.2, -0.15) is 15.0 Å². The number of ether oxygens (including phenoxy) is 2. The van der Waals surface area contributed by atoms with E-state index >= 15 is 0 Å². The Balaban J connectivity index is 2.38. The van der Waals surface area contributed by atoms with Crippen molar-refractivity contribution in [3.63, 3.8) is 0 Å². The van der Waals surface area contributed by atoms with Crippen LogP contribution in [0.25, 0.3) is 11.4 Å². The van der Waals surface area contributed by atoms with Crippen LogP contribution in [-0.2, 0) is 0 Å². The zero-order valence-corrected chi connectivity index (χ0v) is 11.0. The summed E-state index contributed by atoms with van der Waals surface area (Å²) in [6, 6.07) is 3.86. The van der Waals surface area contributed by atoms with Crippen molar-refractivity contribution in [3.8, 4) is 23.3 Å². The normalized spacial score (nSPS) is 10.1. The average Bonchev–Trinajstić information content (AvgIpc) is 2.47. The minimum Gasteiger partial charge on any atom is -0.481 e. The number of aromatic nitrogens is 4. The molecule has 0 bridgehead atoms. The minimum atomic E-state index is 0.285. The predicted molar refractivity (Wildman–Crippen MR) is 70.3 cm³/mol. The average molecular weight is 261 g/mol. The molecule has 0 saturated carbocycles. The molecule has 0 fully saturated rings. The first kappa shape index (κ1) is 13.0. The van der Waals surface area contributed by atoms with Gasteiger partial charge in [-0.15, -0.1) is 0 Å². The first-order valence-electron chi connectivity index (χ1n) is 5.84. The smallest absolute Gasteiger partial charge is 0.321 e. The van der Waals surface area contributed by atoms with Gasteiger partial charge in [0.15, 0.2) is 5.82 Å².